The predicted molar refractivity (Wildman–Crippen MR) is 70.5 cm³/mol. The zero-order chi connectivity index (χ0) is 12.4. The van der Waals surface area contributed by atoms with E-state index in [-0.39, 0.29) is 6.10 Å². The Morgan fingerprint density at radius 3 is 2.78 bits per heavy atom. The van der Waals surface area contributed by atoms with Gasteiger partial charge in [-0.05, 0) is 31.4 Å². The quantitative estimate of drug-likeness (QED) is 0.882. The Bertz CT molecular complexity index is 515. The number of benzene rings is 1. The monoisotopic (exact) mass is 243 g/mol. The van der Waals surface area contributed by atoms with Gasteiger partial charge in [0.05, 0.1) is 18.0 Å². The molecular formula is C14H17N3O. The van der Waals surface area contributed by atoms with Crippen LogP contribution in [0.15, 0.2) is 36.5 Å². The highest BCUT2D eigenvalue weighted by atomic mass is 16.5. The Hall–Kier alpha value is -1.81. The van der Waals surface area contributed by atoms with Crippen LogP contribution in [0.25, 0.3) is 5.69 Å². The lowest BCUT2D eigenvalue weighted by molar-refractivity contribution is 0.0154. The van der Waals surface area contributed by atoms with E-state index in [1.807, 2.05) is 36.5 Å². The molecule has 1 aliphatic rings. The van der Waals surface area contributed by atoms with E-state index in [1.54, 1.807) is 4.68 Å². The van der Waals surface area contributed by atoms with E-state index in [0.29, 0.717) is 5.82 Å². The summed E-state index contributed by atoms with van der Waals surface area (Å²) in [5.41, 5.74) is 8.18. The van der Waals surface area contributed by atoms with Crippen LogP contribution in [0.3, 0.4) is 0 Å². The summed E-state index contributed by atoms with van der Waals surface area (Å²) in [6.45, 7) is 0.820. The largest absolute Gasteiger partial charge is 0.383 e. The Balaban J connectivity index is 1.92. The maximum atomic E-state index is 6.19. The summed E-state index contributed by atoms with van der Waals surface area (Å²) in [6.07, 6.45) is 5.31. The molecule has 1 fully saturated rings. The lowest BCUT2D eigenvalue weighted by atomic mass is 10.0. The number of rotatable bonds is 2. The summed E-state index contributed by atoms with van der Waals surface area (Å²) in [5.74, 6) is 0.688. The van der Waals surface area contributed by atoms with E-state index >= 15 is 0 Å². The van der Waals surface area contributed by atoms with Gasteiger partial charge in [0.25, 0.3) is 0 Å². The lowest BCUT2D eigenvalue weighted by Gasteiger charge is -2.22. The molecule has 2 aromatic rings. The van der Waals surface area contributed by atoms with Crippen LogP contribution >= 0.6 is 0 Å². The second kappa shape index (κ2) is 4.82. The molecule has 18 heavy (non-hydrogen) atoms. The Labute approximate surface area is 106 Å². The summed E-state index contributed by atoms with van der Waals surface area (Å²) >= 11 is 0. The molecule has 94 valence electrons. The van der Waals surface area contributed by atoms with Crippen molar-refractivity contribution in [3.63, 3.8) is 0 Å². The number of anilines is 1. The van der Waals surface area contributed by atoms with Crippen molar-refractivity contribution in [2.45, 2.75) is 25.4 Å². The first-order valence-electron chi connectivity index (χ1n) is 6.36. The average Bonchev–Trinajstić information content (AvgIpc) is 2.83. The molecule has 4 heteroatoms. The number of nitrogen functional groups attached to an aromatic ring is 1. The number of nitrogens with two attached hydrogens (primary N) is 1. The second-order valence-corrected chi connectivity index (χ2v) is 4.59. The molecule has 0 amide bonds. The molecule has 4 nitrogen and oxygen atoms in total. The van der Waals surface area contributed by atoms with Gasteiger partial charge in [0.2, 0.25) is 0 Å². The van der Waals surface area contributed by atoms with Crippen LogP contribution in [0.4, 0.5) is 5.82 Å². The molecule has 1 aliphatic heterocycles. The van der Waals surface area contributed by atoms with Crippen LogP contribution in [0.5, 0.6) is 0 Å². The van der Waals surface area contributed by atoms with E-state index in [2.05, 4.69) is 5.10 Å². The SMILES string of the molecule is Nc1c(C2CCCCO2)cnn1-c1ccccc1. The topological polar surface area (TPSA) is 53.1 Å². The number of ether oxygens (including phenoxy) is 1. The number of aromatic nitrogens is 2. The van der Waals surface area contributed by atoms with Crippen LogP contribution in [-0.2, 0) is 4.74 Å². The van der Waals surface area contributed by atoms with Crippen molar-refractivity contribution in [2.75, 3.05) is 12.3 Å². The van der Waals surface area contributed by atoms with Crippen molar-refractivity contribution in [1.29, 1.82) is 0 Å². The second-order valence-electron chi connectivity index (χ2n) is 4.59. The van der Waals surface area contributed by atoms with Crippen molar-refractivity contribution in [3.8, 4) is 5.69 Å². The third-order valence-corrected chi connectivity index (χ3v) is 3.36. The molecule has 0 bridgehead atoms. The van der Waals surface area contributed by atoms with Crippen molar-refractivity contribution in [2.24, 2.45) is 0 Å². The van der Waals surface area contributed by atoms with Gasteiger partial charge in [-0.1, -0.05) is 18.2 Å². The minimum atomic E-state index is 0.108. The van der Waals surface area contributed by atoms with Crippen molar-refractivity contribution in [1.82, 2.24) is 9.78 Å². The van der Waals surface area contributed by atoms with Gasteiger partial charge in [-0.25, -0.2) is 4.68 Å². The first kappa shape index (κ1) is 11.3. The minimum absolute atomic E-state index is 0.108. The van der Waals surface area contributed by atoms with Crippen LogP contribution in [0.2, 0.25) is 0 Å². The summed E-state index contributed by atoms with van der Waals surface area (Å²) < 4.78 is 7.53. The van der Waals surface area contributed by atoms with Gasteiger partial charge in [0.1, 0.15) is 5.82 Å². The van der Waals surface area contributed by atoms with Crippen LogP contribution in [0.1, 0.15) is 30.9 Å². The number of hydrogen-bond acceptors (Lipinski definition) is 3. The predicted octanol–water partition coefficient (Wildman–Crippen LogP) is 2.70. The van der Waals surface area contributed by atoms with Gasteiger partial charge in [-0.15, -0.1) is 0 Å². The molecule has 1 unspecified atom stereocenters. The molecule has 1 aromatic heterocycles. The molecule has 1 atom stereocenters. The van der Waals surface area contributed by atoms with E-state index < -0.39 is 0 Å². The summed E-state index contributed by atoms with van der Waals surface area (Å²) in [4.78, 5) is 0. The Morgan fingerprint density at radius 1 is 1.22 bits per heavy atom. The molecule has 2 heterocycles. The summed E-state index contributed by atoms with van der Waals surface area (Å²) in [7, 11) is 0. The first-order valence-corrected chi connectivity index (χ1v) is 6.36. The fourth-order valence-electron chi connectivity index (χ4n) is 2.38. The minimum Gasteiger partial charge on any atom is -0.383 e. The summed E-state index contributed by atoms with van der Waals surface area (Å²) in [5, 5.41) is 4.37. The highest BCUT2D eigenvalue weighted by Crippen LogP contribution is 2.32. The maximum Gasteiger partial charge on any atom is 0.133 e. The van der Waals surface area contributed by atoms with Crippen LogP contribution in [0, 0.1) is 0 Å². The molecule has 0 saturated carbocycles. The first-order chi connectivity index (χ1) is 8.86. The number of nitrogens with zero attached hydrogens (tertiary/aromatic N) is 2. The van der Waals surface area contributed by atoms with Gasteiger partial charge >= 0.3 is 0 Å². The fraction of sp³-hybridized carbons (Fsp3) is 0.357. The molecule has 3 rings (SSSR count). The van der Waals surface area contributed by atoms with Gasteiger partial charge in [0.15, 0.2) is 0 Å². The van der Waals surface area contributed by atoms with E-state index in [9.17, 15) is 0 Å². The normalized spacial score (nSPS) is 19.9. The highest BCUT2D eigenvalue weighted by molar-refractivity contribution is 5.47. The molecule has 0 aliphatic carbocycles. The molecular weight excluding hydrogens is 226 g/mol. The fourth-order valence-corrected chi connectivity index (χ4v) is 2.38. The standard InChI is InChI=1S/C14H17N3O/c15-14-12(13-8-4-5-9-18-13)10-16-17(14)11-6-2-1-3-7-11/h1-3,6-7,10,13H,4-5,8-9,15H2. The van der Waals surface area contributed by atoms with Crippen LogP contribution in [-0.4, -0.2) is 16.4 Å². The Kier molecular flexibility index (Phi) is 3.02. The smallest absolute Gasteiger partial charge is 0.133 e. The van der Waals surface area contributed by atoms with Crippen molar-refractivity contribution in [3.05, 3.63) is 42.1 Å². The number of para-hydroxylation sites is 1. The maximum absolute atomic E-state index is 6.19. The van der Waals surface area contributed by atoms with Gasteiger partial charge in [0, 0.05) is 12.2 Å². The zero-order valence-corrected chi connectivity index (χ0v) is 10.2. The average molecular weight is 243 g/mol. The Morgan fingerprint density at radius 2 is 2.06 bits per heavy atom. The van der Waals surface area contributed by atoms with E-state index in [4.69, 9.17) is 10.5 Å². The molecule has 2 N–H and O–H groups in total. The molecule has 1 saturated heterocycles. The third kappa shape index (κ3) is 1.99. The van der Waals surface area contributed by atoms with Crippen molar-refractivity contribution >= 4 is 5.82 Å². The summed E-state index contributed by atoms with van der Waals surface area (Å²) in [6, 6.07) is 9.93. The molecule has 0 radical (unpaired) electrons. The molecule has 1 aromatic carbocycles. The van der Waals surface area contributed by atoms with E-state index in [1.165, 1.54) is 6.42 Å². The van der Waals surface area contributed by atoms with Gasteiger partial charge in [-0.2, -0.15) is 5.10 Å². The third-order valence-electron chi connectivity index (χ3n) is 3.36. The zero-order valence-electron chi connectivity index (χ0n) is 10.2. The lowest BCUT2D eigenvalue weighted by Crippen LogP contribution is -2.13. The molecule has 0 spiro atoms. The number of hydrogen-bond donors (Lipinski definition) is 1. The van der Waals surface area contributed by atoms with E-state index in [0.717, 1.165) is 30.7 Å². The van der Waals surface area contributed by atoms with Gasteiger partial charge < -0.3 is 10.5 Å². The van der Waals surface area contributed by atoms with Gasteiger partial charge in [-0.3, -0.25) is 0 Å². The van der Waals surface area contributed by atoms with Crippen molar-refractivity contribution < 1.29 is 4.74 Å². The van der Waals surface area contributed by atoms with Crippen LogP contribution < -0.4 is 5.73 Å². The highest BCUT2D eigenvalue weighted by Gasteiger charge is 2.21.